The molecule has 1 unspecified atom stereocenters. The van der Waals surface area contributed by atoms with Gasteiger partial charge in [0.05, 0.1) is 12.5 Å². The standard InChI is InChI=1S/C8H16O2.2CH4/c1-4-6-10-8(9)7(3)5-2;;/h7H,4-6H2,1-3H3;2*1H4. The highest BCUT2D eigenvalue weighted by Crippen LogP contribution is 2.02. The lowest BCUT2D eigenvalue weighted by Crippen LogP contribution is -2.14. The fourth-order valence-corrected chi connectivity index (χ4v) is 0.512. The summed E-state index contributed by atoms with van der Waals surface area (Å²) in [6, 6.07) is 0. The maximum Gasteiger partial charge on any atom is 0.308 e. The lowest BCUT2D eigenvalue weighted by Gasteiger charge is -2.07. The smallest absolute Gasteiger partial charge is 0.308 e. The van der Waals surface area contributed by atoms with Crippen LogP contribution < -0.4 is 0 Å². The molecule has 0 aromatic heterocycles. The number of hydrogen-bond donors (Lipinski definition) is 0. The molecule has 12 heavy (non-hydrogen) atoms. The first kappa shape index (κ1) is 17.5. The van der Waals surface area contributed by atoms with Gasteiger partial charge in [0.1, 0.15) is 0 Å². The van der Waals surface area contributed by atoms with E-state index in [2.05, 4.69) is 0 Å². The molecule has 0 aromatic carbocycles. The number of carbonyl (C=O) groups is 1. The molecule has 0 fully saturated rings. The Kier molecular flexibility index (Phi) is 15.3. The number of esters is 1. The van der Waals surface area contributed by atoms with Crippen molar-refractivity contribution in [2.75, 3.05) is 6.61 Å². The van der Waals surface area contributed by atoms with Gasteiger partial charge in [-0.05, 0) is 12.8 Å². The van der Waals surface area contributed by atoms with Gasteiger partial charge in [0.25, 0.3) is 0 Å². The van der Waals surface area contributed by atoms with E-state index in [1.54, 1.807) is 0 Å². The topological polar surface area (TPSA) is 26.3 Å². The van der Waals surface area contributed by atoms with Crippen LogP contribution in [0.2, 0.25) is 0 Å². The van der Waals surface area contributed by atoms with Crippen LogP contribution in [0.4, 0.5) is 0 Å². The molecule has 0 amide bonds. The molecular formula is C10H24O2. The lowest BCUT2D eigenvalue weighted by molar-refractivity contribution is -0.148. The Morgan fingerprint density at radius 3 is 2.17 bits per heavy atom. The van der Waals surface area contributed by atoms with Crippen LogP contribution in [0.5, 0.6) is 0 Å². The van der Waals surface area contributed by atoms with Crippen molar-refractivity contribution in [1.29, 1.82) is 0 Å². The Morgan fingerprint density at radius 1 is 1.33 bits per heavy atom. The van der Waals surface area contributed by atoms with Crippen molar-refractivity contribution < 1.29 is 9.53 Å². The minimum atomic E-state index is -0.0654. The highest BCUT2D eigenvalue weighted by molar-refractivity contribution is 5.71. The van der Waals surface area contributed by atoms with E-state index in [0.29, 0.717) is 6.61 Å². The lowest BCUT2D eigenvalue weighted by atomic mass is 10.1. The summed E-state index contributed by atoms with van der Waals surface area (Å²) in [6.45, 7) is 6.42. The molecule has 0 saturated carbocycles. The van der Waals surface area contributed by atoms with Crippen LogP contribution in [0, 0.1) is 5.92 Å². The molecule has 0 spiro atoms. The summed E-state index contributed by atoms with van der Waals surface area (Å²) in [7, 11) is 0. The second-order valence-electron chi connectivity index (χ2n) is 2.48. The molecule has 0 aliphatic carbocycles. The van der Waals surface area contributed by atoms with E-state index in [4.69, 9.17) is 4.74 Å². The first-order valence-corrected chi connectivity index (χ1v) is 3.89. The Labute approximate surface area is 77.3 Å². The second kappa shape index (κ2) is 10.5. The Bertz CT molecular complexity index is 100. The molecule has 0 bridgehead atoms. The van der Waals surface area contributed by atoms with Gasteiger partial charge in [-0.2, -0.15) is 0 Å². The monoisotopic (exact) mass is 176 g/mol. The van der Waals surface area contributed by atoms with Crippen LogP contribution in [0.3, 0.4) is 0 Å². The van der Waals surface area contributed by atoms with E-state index in [1.807, 2.05) is 20.8 Å². The largest absolute Gasteiger partial charge is 0.465 e. The van der Waals surface area contributed by atoms with Crippen molar-refractivity contribution in [3.63, 3.8) is 0 Å². The minimum Gasteiger partial charge on any atom is -0.465 e. The van der Waals surface area contributed by atoms with Crippen molar-refractivity contribution >= 4 is 5.97 Å². The molecular weight excluding hydrogens is 152 g/mol. The molecule has 0 radical (unpaired) electrons. The molecule has 0 saturated heterocycles. The average molecular weight is 176 g/mol. The molecule has 0 N–H and O–H groups in total. The third-order valence-electron chi connectivity index (χ3n) is 1.46. The van der Waals surface area contributed by atoms with Crippen molar-refractivity contribution in [1.82, 2.24) is 0 Å². The zero-order chi connectivity index (χ0) is 7.98. The zero-order valence-corrected chi connectivity index (χ0v) is 7.02. The fourth-order valence-electron chi connectivity index (χ4n) is 0.512. The Morgan fingerprint density at radius 2 is 1.83 bits per heavy atom. The first-order valence-electron chi connectivity index (χ1n) is 3.89. The van der Waals surface area contributed by atoms with Crippen molar-refractivity contribution in [2.24, 2.45) is 5.92 Å². The Balaban J connectivity index is -0.000000405. The van der Waals surface area contributed by atoms with Crippen molar-refractivity contribution in [3.8, 4) is 0 Å². The Hall–Kier alpha value is -0.530. The number of carbonyl (C=O) groups excluding carboxylic acids is 1. The van der Waals surface area contributed by atoms with Crippen molar-refractivity contribution in [2.45, 2.75) is 48.5 Å². The summed E-state index contributed by atoms with van der Waals surface area (Å²) in [5.74, 6) is -0.00380. The van der Waals surface area contributed by atoms with Gasteiger partial charge in [0.2, 0.25) is 0 Å². The van der Waals surface area contributed by atoms with Gasteiger partial charge in [0, 0.05) is 0 Å². The van der Waals surface area contributed by atoms with Gasteiger partial charge < -0.3 is 4.74 Å². The summed E-state index contributed by atoms with van der Waals surface area (Å²) in [4.78, 5) is 10.9. The van der Waals surface area contributed by atoms with E-state index in [1.165, 1.54) is 0 Å². The number of hydrogen-bond acceptors (Lipinski definition) is 2. The molecule has 0 rings (SSSR count). The summed E-state index contributed by atoms with van der Waals surface area (Å²) < 4.78 is 4.90. The quantitative estimate of drug-likeness (QED) is 0.614. The summed E-state index contributed by atoms with van der Waals surface area (Å²) >= 11 is 0. The molecule has 0 aliphatic rings. The van der Waals surface area contributed by atoms with E-state index in [-0.39, 0.29) is 26.7 Å². The molecule has 0 heterocycles. The predicted octanol–water partition coefficient (Wildman–Crippen LogP) is 3.26. The van der Waals surface area contributed by atoms with Crippen LogP contribution in [-0.2, 0) is 9.53 Å². The molecule has 0 aromatic rings. The summed E-state index contributed by atoms with van der Waals surface area (Å²) in [5, 5.41) is 0. The predicted molar refractivity (Wildman–Crippen MR) is 54.2 cm³/mol. The van der Waals surface area contributed by atoms with Crippen LogP contribution in [0.15, 0.2) is 0 Å². The number of ether oxygens (including phenoxy) is 1. The fraction of sp³-hybridized carbons (Fsp3) is 0.900. The van der Waals surface area contributed by atoms with Gasteiger partial charge in [-0.3, -0.25) is 4.79 Å². The maximum atomic E-state index is 10.9. The van der Waals surface area contributed by atoms with E-state index in [0.717, 1.165) is 12.8 Å². The SMILES string of the molecule is C.C.CCCOC(=O)C(C)CC. The summed E-state index contributed by atoms with van der Waals surface area (Å²) in [5.41, 5.74) is 0. The second-order valence-corrected chi connectivity index (χ2v) is 2.48. The molecule has 1 atom stereocenters. The van der Waals surface area contributed by atoms with Gasteiger partial charge in [-0.1, -0.05) is 35.6 Å². The van der Waals surface area contributed by atoms with Crippen LogP contribution in [-0.4, -0.2) is 12.6 Å². The van der Waals surface area contributed by atoms with Gasteiger partial charge >= 0.3 is 5.97 Å². The molecule has 0 aliphatic heterocycles. The van der Waals surface area contributed by atoms with Gasteiger partial charge in [-0.15, -0.1) is 0 Å². The summed E-state index contributed by atoms with van der Waals surface area (Å²) in [6.07, 6.45) is 1.77. The first-order chi connectivity index (χ1) is 4.72. The third-order valence-corrected chi connectivity index (χ3v) is 1.46. The van der Waals surface area contributed by atoms with E-state index < -0.39 is 0 Å². The minimum absolute atomic E-state index is 0. The van der Waals surface area contributed by atoms with Gasteiger partial charge in [0.15, 0.2) is 0 Å². The molecule has 2 heteroatoms. The van der Waals surface area contributed by atoms with Gasteiger partial charge in [-0.25, -0.2) is 0 Å². The molecule has 2 nitrogen and oxygen atoms in total. The van der Waals surface area contributed by atoms with Crippen LogP contribution in [0.25, 0.3) is 0 Å². The maximum absolute atomic E-state index is 10.9. The van der Waals surface area contributed by atoms with E-state index in [9.17, 15) is 4.79 Å². The van der Waals surface area contributed by atoms with Crippen LogP contribution >= 0.6 is 0 Å². The van der Waals surface area contributed by atoms with E-state index >= 15 is 0 Å². The highest BCUT2D eigenvalue weighted by Gasteiger charge is 2.10. The third kappa shape index (κ3) is 7.58. The zero-order valence-electron chi connectivity index (χ0n) is 7.02. The van der Waals surface area contributed by atoms with Crippen molar-refractivity contribution in [3.05, 3.63) is 0 Å². The highest BCUT2D eigenvalue weighted by atomic mass is 16.5. The van der Waals surface area contributed by atoms with Crippen LogP contribution in [0.1, 0.15) is 48.5 Å². The normalized spacial score (nSPS) is 10.6. The number of rotatable bonds is 4. The average Bonchev–Trinajstić information content (AvgIpc) is 1.98. The molecule has 76 valence electrons.